The van der Waals surface area contributed by atoms with Crippen molar-refractivity contribution in [1.29, 1.82) is 0 Å². The first-order chi connectivity index (χ1) is 38.4. The van der Waals surface area contributed by atoms with Crippen molar-refractivity contribution in [3.05, 3.63) is 150 Å². The lowest BCUT2D eigenvalue weighted by molar-refractivity contribution is -0.155. The summed E-state index contributed by atoms with van der Waals surface area (Å²) < 4.78 is 162. The van der Waals surface area contributed by atoms with Crippen LogP contribution in [-0.2, 0) is 6.54 Å². The van der Waals surface area contributed by atoms with E-state index < -0.39 is 70.3 Å². The number of ether oxygens (including phenoxy) is 4. The molecule has 0 aromatic carbocycles. The van der Waals surface area contributed by atoms with Crippen LogP contribution in [0.1, 0.15) is 5.56 Å². The Morgan fingerprint density at radius 3 is 1.29 bits per heavy atom. The molecule has 0 unspecified atom stereocenters. The van der Waals surface area contributed by atoms with Gasteiger partial charge in [-0.05, 0) is 67.2 Å². The number of hydrogen-bond acceptors (Lipinski definition) is 21. The van der Waals surface area contributed by atoms with Crippen molar-refractivity contribution in [2.45, 2.75) is 31.2 Å². The summed E-state index contributed by atoms with van der Waals surface area (Å²) in [6.07, 6.45) is -1.98. The maximum Gasteiger partial charge on any atom is 0.491 e. The molecule has 0 fully saturated rings. The minimum absolute atomic E-state index is 0.0330. The van der Waals surface area contributed by atoms with Crippen LogP contribution in [0.25, 0.3) is 22.5 Å². The number of nitrogens with zero attached hydrogens (tertiary/aromatic N) is 14. The zero-order valence-corrected chi connectivity index (χ0v) is 44.8. The number of hydrogen-bond donors (Lipinski definition) is 3. The molecule has 40 heteroatoms. The molecule has 8 aromatic rings. The molecule has 8 rings (SSSR count). The number of halogens is 16. The largest absolute Gasteiger partial charge is 0.491 e. The Labute approximate surface area is 476 Å². The second kappa shape index (κ2) is 31.4. The molecule has 3 N–H and O–H groups in total. The van der Waals surface area contributed by atoms with Gasteiger partial charge >= 0.3 is 55.9 Å². The Balaban J connectivity index is 0.000000232. The summed E-state index contributed by atoms with van der Waals surface area (Å²) in [4.78, 5) is 62.5. The third-order valence-corrected chi connectivity index (χ3v) is 9.30. The fourth-order valence-electron chi connectivity index (χ4n) is 4.77. The van der Waals surface area contributed by atoms with Gasteiger partial charge in [0.25, 0.3) is 11.1 Å². The van der Waals surface area contributed by atoms with Gasteiger partial charge in [0.15, 0.2) is 26.4 Å². The number of pyridine rings is 1. The van der Waals surface area contributed by atoms with Crippen LogP contribution in [0.3, 0.4) is 0 Å². The highest BCUT2D eigenvalue weighted by molar-refractivity contribution is 9.10. The molecule has 0 saturated carbocycles. The zero-order valence-electron chi connectivity index (χ0n) is 40.1. The van der Waals surface area contributed by atoms with Crippen molar-refractivity contribution in [2.75, 3.05) is 26.4 Å². The van der Waals surface area contributed by atoms with Gasteiger partial charge in [0.1, 0.15) is 0 Å². The molecule has 8 aromatic heterocycles. The zero-order chi connectivity index (χ0) is 60.7. The van der Waals surface area contributed by atoms with E-state index in [1.807, 2.05) is 0 Å². The van der Waals surface area contributed by atoms with Gasteiger partial charge in [-0.2, -0.15) is 62.9 Å². The van der Waals surface area contributed by atoms with Crippen LogP contribution in [0.2, 0.25) is 10.3 Å². The van der Waals surface area contributed by atoms with Crippen LogP contribution in [0, 0.1) is 0 Å². The normalized spacial score (nSPS) is 11.1. The first-order valence-corrected chi connectivity index (χ1v) is 23.7. The fourth-order valence-corrected chi connectivity index (χ4v) is 5.48. The summed E-state index contributed by atoms with van der Waals surface area (Å²) in [6.45, 7) is -5.66. The molecule has 0 bridgehead atoms. The lowest BCUT2D eigenvalue weighted by Crippen LogP contribution is -2.30. The van der Waals surface area contributed by atoms with Crippen LogP contribution < -0.4 is 35.5 Å². The average molecular weight is 1340 g/mol. The van der Waals surface area contributed by atoms with E-state index >= 15 is 0 Å². The van der Waals surface area contributed by atoms with Crippen molar-refractivity contribution in [1.82, 2.24) is 74.8 Å². The van der Waals surface area contributed by atoms with Crippen LogP contribution in [0.5, 0.6) is 24.0 Å². The van der Waals surface area contributed by atoms with Crippen molar-refractivity contribution in [3.63, 3.8) is 0 Å². The minimum Gasteiger partial charge on any atom is -0.454 e. The van der Waals surface area contributed by atoms with E-state index in [0.717, 1.165) is 16.9 Å². The standard InChI is InChI=1S/C16H11ClF3N5O2.C10H7F3N4O2.C6H6BF3N2O3.C6H4BrF3N2O.C4H2BrClN2/c17-12-3-10(4-21-7-12)8-25-14(26)2-1-13(24-25)11-5-22-15(23-6-11)27-9-16(18,19)20;11-10(12,13)5-19-9-14-3-6(4-15-9)7-1-2-8(18)17-16-7;8-6(9,10)3-15-5-11-1-4(2-12-5)7(13)14;7-4-1-11-5(12-2-4)13-3-6(8,9)10;5-3-1-7-4(6)8-2-3/h1-7H,8-9H2;1-4H,5H2,(H,17,18);1-2,13-14H,3H2;1-2H,3H2;1-2H. The number of aromatic nitrogens is 15. The molecule has 0 aliphatic carbocycles. The average Bonchev–Trinajstić information content (AvgIpc) is 3.41. The van der Waals surface area contributed by atoms with Crippen LogP contribution >= 0.6 is 55.1 Å². The maximum absolute atomic E-state index is 12.1. The fraction of sp³-hybridized carbons (Fsp3) is 0.214. The number of nitrogens with one attached hydrogen (secondary N) is 1. The van der Waals surface area contributed by atoms with Gasteiger partial charge in [-0.1, -0.05) is 11.6 Å². The van der Waals surface area contributed by atoms with Crippen molar-refractivity contribution in [3.8, 4) is 46.6 Å². The summed E-state index contributed by atoms with van der Waals surface area (Å²) >= 11 is 17.4. The van der Waals surface area contributed by atoms with E-state index in [0.29, 0.717) is 37.6 Å². The van der Waals surface area contributed by atoms with Crippen LogP contribution in [0.15, 0.2) is 123 Å². The third-order valence-electron chi connectivity index (χ3n) is 8.08. The first kappa shape index (κ1) is 66.7. The molecule has 23 nitrogen and oxygen atoms in total. The molecule has 0 aliphatic heterocycles. The van der Waals surface area contributed by atoms with Gasteiger partial charge in [-0.25, -0.2) is 59.6 Å². The van der Waals surface area contributed by atoms with E-state index in [4.69, 9.17) is 33.2 Å². The monoisotopic (exact) mass is 1340 g/mol. The van der Waals surface area contributed by atoms with E-state index in [9.17, 15) is 62.3 Å². The highest BCUT2D eigenvalue weighted by Gasteiger charge is 2.31. The molecule has 8 heterocycles. The summed E-state index contributed by atoms with van der Waals surface area (Å²) in [5.74, 6) is 0. The SMILES string of the molecule is Clc1ncc(Br)cn1.FC(F)(F)COc1ncc(Br)cn1.O=c1ccc(-c2cnc(OCC(F)(F)F)nc2)n[nH]1.O=c1ccc(-c2cnc(OCC(F)(F)F)nc2)nn1Cc1cncc(Cl)c1.OB(O)c1cnc(OCC(F)(F)F)nc1. The Hall–Kier alpha value is -7.81. The predicted octanol–water partition coefficient (Wildman–Crippen LogP) is 7.08. The van der Waals surface area contributed by atoms with Gasteiger partial charge in [0.05, 0.1) is 31.9 Å². The molecule has 0 atom stereocenters. The van der Waals surface area contributed by atoms with Crippen molar-refractivity contribution < 1.29 is 81.7 Å². The Morgan fingerprint density at radius 1 is 0.524 bits per heavy atom. The molecular weight excluding hydrogens is 1310 g/mol. The number of rotatable bonds is 13. The topological polar surface area (TPSA) is 300 Å². The number of aromatic amines is 1. The quantitative estimate of drug-likeness (QED) is 0.0590. The molecule has 436 valence electrons. The smallest absolute Gasteiger partial charge is 0.454 e. The summed E-state index contributed by atoms with van der Waals surface area (Å²) in [7, 11) is -1.76. The van der Waals surface area contributed by atoms with Gasteiger partial charge in [-0.3, -0.25) is 14.6 Å². The van der Waals surface area contributed by atoms with Gasteiger partial charge < -0.3 is 29.0 Å². The maximum atomic E-state index is 12.1. The van der Waals surface area contributed by atoms with Crippen LogP contribution in [-0.4, -0.2) is 143 Å². The van der Waals surface area contributed by atoms with E-state index in [1.165, 1.54) is 72.3 Å². The predicted molar refractivity (Wildman–Crippen MR) is 266 cm³/mol. The number of alkyl halides is 12. The van der Waals surface area contributed by atoms with E-state index in [2.05, 4.69) is 121 Å². The second-order valence-electron chi connectivity index (χ2n) is 14.7. The van der Waals surface area contributed by atoms with Crippen LogP contribution in [0.4, 0.5) is 52.7 Å². The minimum atomic E-state index is -4.48. The van der Waals surface area contributed by atoms with Gasteiger partial charge in [-0.15, -0.1) is 0 Å². The molecule has 0 amide bonds. The summed E-state index contributed by atoms with van der Waals surface area (Å²) in [6, 6.07) is 5.57. The third kappa shape index (κ3) is 27.6. The lowest BCUT2D eigenvalue weighted by Gasteiger charge is -2.09. The molecule has 0 aliphatic rings. The Bertz CT molecular complexity index is 3290. The molecule has 0 spiro atoms. The molecule has 82 heavy (non-hydrogen) atoms. The Morgan fingerprint density at radius 2 is 0.915 bits per heavy atom. The highest BCUT2D eigenvalue weighted by atomic mass is 79.9. The summed E-state index contributed by atoms with van der Waals surface area (Å²) in [5.41, 5.74) is 1.55. The van der Waals surface area contributed by atoms with E-state index in [1.54, 1.807) is 24.7 Å². The Kier molecular flexibility index (Phi) is 25.6. The van der Waals surface area contributed by atoms with Gasteiger partial charge in [0, 0.05) is 103 Å². The molecule has 0 saturated heterocycles. The highest BCUT2D eigenvalue weighted by Crippen LogP contribution is 2.21. The molecule has 0 radical (unpaired) electrons. The van der Waals surface area contributed by atoms with Gasteiger partial charge in [0.2, 0.25) is 5.28 Å². The first-order valence-electron chi connectivity index (χ1n) is 21.3. The second-order valence-corrected chi connectivity index (χ2v) is 17.3. The lowest BCUT2D eigenvalue weighted by atomic mass is 9.83. The molecular formula is C42H30BBr2Cl2F12N15O8. The van der Waals surface area contributed by atoms with E-state index in [-0.39, 0.29) is 40.4 Å². The van der Waals surface area contributed by atoms with Crippen molar-refractivity contribution in [2.24, 2.45) is 0 Å². The summed E-state index contributed by atoms with van der Waals surface area (Å²) in [5, 5.41) is 28.1. The number of H-pyrrole nitrogens is 1. The van der Waals surface area contributed by atoms with Crippen molar-refractivity contribution >= 4 is 67.6 Å².